The van der Waals surface area contributed by atoms with Crippen molar-refractivity contribution >= 4 is 12.0 Å². The second-order valence-electron chi connectivity index (χ2n) is 4.90. The van der Waals surface area contributed by atoms with Gasteiger partial charge in [-0.25, -0.2) is 9.18 Å². The summed E-state index contributed by atoms with van der Waals surface area (Å²) in [5.41, 5.74) is 0.393. The minimum Gasteiger partial charge on any atom is -0.450 e. The van der Waals surface area contributed by atoms with Crippen LogP contribution in [0.25, 0.3) is 0 Å². The maximum atomic E-state index is 13.5. The molecule has 21 heavy (non-hydrogen) atoms. The smallest absolute Gasteiger partial charge is 0.407 e. The molecule has 0 heterocycles. The highest BCUT2D eigenvalue weighted by Gasteiger charge is 2.24. The molecule has 0 aliphatic heterocycles. The Labute approximate surface area is 123 Å². The number of carbonyl (C=O) groups is 2. The van der Waals surface area contributed by atoms with Crippen molar-refractivity contribution in [2.24, 2.45) is 5.92 Å². The van der Waals surface area contributed by atoms with Crippen LogP contribution in [0.4, 0.5) is 9.18 Å². The van der Waals surface area contributed by atoms with Gasteiger partial charge in [0.2, 0.25) is 5.91 Å². The van der Waals surface area contributed by atoms with Crippen LogP contribution in [0.3, 0.4) is 0 Å². The summed E-state index contributed by atoms with van der Waals surface area (Å²) in [4.78, 5) is 23.5. The van der Waals surface area contributed by atoms with E-state index < -0.39 is 12.1 Å². The molecule has 0 unspecified atom stereocenters. The fraction of sp³-hybridized carbons (Fsp3) is 0.467. The van der Waals surface area contributed by atoms with Crippen molar-refractivity contribution in [2.75, 3.05) is 6.61 Å². The van der Waals surface area contributed by atoms with E-state index in [9.17, 15) is 14.0 Å². The summed E-state index contributed by atoms with van der Waals surface area (Å²) in [6.45, 7) is 5.59. The second kappa shape index (κ2) is 8.24. The van der Waals surface area contributed by atoms with Gasteiger partial charge in [-0.1, -0.05) is 32.0 Å². The van der Waals surface area contributed by atoms with E-state index in [2.05, 4.69) is 10.6 Å². The first kappa shape index (κ1) is 16.9. The van der Waals surface area contributed by atoms with E-state index in [1.165, 1.54) is 6.07 Å². The van der Waals surface area contributed by atoms with Crippen molar-refractivity contribution in [3.63, 3.8) is 0 Å². The molecule has 2 amide bonds. The molecule has 1 aromatic rings. The third kappa shape index (κ3) is 5.41. The van der Waals surface area contributed by atoms with E-state index in [0.29, 0.717) is 5.56 Å². The van der Waals surface area contributed by atoms with Crippen molar-refractivity contribution in [1.82, 2.24) is 10.6 Å². The second-order valence-corrected chi connectivity index (χ2v) is 4.90. The molecule has 2 N–H and O–H groups in total. The molecular weight excluding hydrogens is 275 g/mol. The van der Waals surface area contributed by atoms with Gasteiger partial charge in [0.1, 0.15) is 11.9 Å². The lowest BCUT2D eigenvalue weighted by Gasteiger charge is -2.21. The van der Waals surface area contributed by atoms with E-state index >= 15 is 0 Å². The number of ether oxygens (including phenoxy) is 1. The predicted molar refractivity (Wildman–Crippen MR) is 77.0 cm³/mol. The molecule has 6 heteroatoms. The Morgan fingerprint density at radius 1 is 1.29 bits per heavy atom. The molecule has 116 valence electrons. The average molecular weight is 296 g/mol. The normalized spacial score (nSPS) is 11.9. The summed E-state index contributed by atoms with van der Waals surface area (Å²) < 4.78 is 18.2. The first-order valence-corrected chi connectivity index (χ1v) is 6.90. The molecule has 1 rings (SSSR count). The van der Waals surface area contributed by atoms with Crippen molar-refractivity contribution < 1.29 is 18.7 Å². The number of nitrogens with one attached hydrogen (secondary N) is 2. The van der Waals surface area contributed by atoms with Gasteiger partial charge in [0.05, 0.1) is 6.61 Å². The Morgan fingerprint density at radius 3 is 2.52 bits per heavy atom. The third-order valence-corrected chi connectivity index (χ3v) is 2.91. The van der Waals surface area contributed by atoms with Gasteiger partial charge in [0, 0.05) is 12.1 Å². The van der Waals surface area contributed by atoms with E-state index in [1.54, 1.807) is 39.0 Å². The number of hydrogen-bond acceptors (Lipinski definition) is 3. The average Bonchev–Trinajstić information content (AvgIpc) is 2.43. The van der Waals surface area contributed by atoms with Gasteiger partial charge in [-0.15, -0.1) is 0 Å². The van der Waals surface area contributed by atoms with E-state index in [4.69, 9.17) is 4.74 Å². The van der Waals surface area contributed by atoms with Gasteiger partial charge in [-0.3, -0.25) is 4.79 Å². The van der Waals surface area contributed by atoms with E-state index in [1.807, 2.05) is 0 Å². The quantitative estimate of drug-likeness (QED) is 0.845. The van der Waals surface area contributed by atoms with E-state index in [-0.39, 0.29) is 30.8 Å². The zero-order valence-corrected chi connectivity index (χ0v) is 12.5. The monoisotopic (exact) mass is 296 g/mol. The lowest BCUT2D eigenvalue weighted by Crippen LogP contribution is -2.49. The summed E-state index contributed by atoms with van der Waals surface area (Å²) in [5.74, 6) is -0.867. The molecule has 0 aliphatic carbocycles. The Hall–Kier alpha value is -2.11. The molecule has 0 radical (unpaired) electrons. The minimum absolute atomic E-state index is 0.0687. The Balaban J connectivity index is 2.61. The van der Waals surface area contributed by atoms with Crippen LogP contribution in [0.2, 0.25) is 0 Å². The zero-order valence-electron chi connectivity index (χ0n) is 12.5. The number of halogens is 1. The molecule has 0 aliphatic rings. The van der Waals surface area contributed by atoms with Crippen LogP contribution >= 0.6 is 0 Å². The van der Waals surface area contributed by atoms with Gasteiger partial charge in [0.15, 0.2) is 0 Å². The summed E-state index contributed by atoms with van der Waals surface area (Å²) in [7, 11) is 0. The molecule has 0 fully saturated rings. The molecule has 0 aromatic heterocycles. The Morgan fingerprint density at radius 2 is 1.95 bits per heavy atom. The van der Waals surface area contributed by atoms with Gasteiger partial charge in [-0.2, -0.15) is 0 Å². The zero-order chi connectivity index (χ0) is 15.8. The number of amides is 2. The molecule has 1 atom stereocenters. The Bertz CT molecular complexity index is 492. The fourth-order valence-corrected chi connectivity index (χ4v) is 1.77. The van der Waals surface area contributed by atoms with E-state index in [0.717, 1.165) is 0 Å². The molecular formula is C15H21FN2O3. The summed E-state index contributed by atoms with van der Waals surface area (Å²) in [6.07, 6.45) is -0.641. The molecule has 5 nitrogen and oxygen atoms in total. The van der Waals surface area contributed by atoms with Crippen molar-refractivity contribution in [1.29, 1.82) is 0 Å². The van der Waals surface area contributed by atoms with Gasteiger partial charge in [0.25, 0.3) is 0 Å². The summed E-state index contributed by atoms with van der Waals surface area (Å²) in [6, 6.07) is 5.48. The predicted octanol–water partition coefficient (Wildman–Crippen LogP) is 2.21. The van der Waals surface area contributed by atoms with Crippen LogP contribution in [0.15, 0.2) is 24.3 Å². The van der Waals surface area contributed by atoms with Crippen molar-refractivity contribution in [2.45, 2.75) is 33.4 Å². The number of alkyl carbamates (subject to hydrolysis) is 1. The largest absolute Gasteiger partial charge is 0.450 e. The number of benzene rings is 1. The first-order chi connectivity index (χ1) is 9.95. The third-order valence-electron chi connectivity index (χ3n) is 2.91. The topological polar surface area (TPSA) is 67.4 Å². The lowest BCUT2D eigenvalue weighted by atomic mass is 10.0. The number of rotatable bonds is 6. The molecule has 0 spiro atoms. The van der Waals surface area contributed by atoms with Gasteiger partial charge >= 0.3 is 6.09 Å². The fourth-order valence-electron chi connectivity index (χ4n) is 1.77. The van der Waals surface area contributed by atoms with Crippen LogP contribution in [-0.4, -0.2) is 24.6 Å². The van der Waals surface area contributed by atoms with Gasteiger partial charge in [-0.05, 0) is 18.9 Å². The minimum atomic E-state index is -0.726. The molecule has 1 aromatic carbocycles. The number of hydrogen-bond donors (Lipinski definition) is 2. The standard InChI is InChI=1S/C15H21FN2O3/c1-4-21-15(20)18-13(10(2)3)14(19)17-9-11-7-5-6-8-12(11)16/h5-8,10,13H,4,9H2,1-3H3,(H,17,19)(H,18,20)/t13-/m0/s1. The maximum absolute atomic E-state index is 13.5. The SMILES string of the molecule is CCOC(=O)N[C@H](C(=O)NCc1ccccc1F)C(C)C. The van der Waals surface area contributed by atoms with Crippen LogP contribution in [-0.2, 0) is 16.1 Å². The number of carbonyl (C=O) groups excluding carboxylic acids is 2. The van der Waals surface area contributed by atoms with Crippen LogP contribution < -0.4 is 10.6 Å². The van der Waals surface area contributed by atoms with Crippen LogP contribution in [0.1, 0.15) is 26.3 Å². The Kier molecular flexibility index (Phi) is 6.65. The van der Waals surface area contributed by atoms with Crippen LogP contribution in [0.5, 0.6) is 0 Å². The van der Waals surface area contributed by atoms with Crippen LogP contribution in [0, 0.1) is 11.7 Å². The van der Waals surface area contributed by atoms with Gasteiger partial charge < -0.3 is 15.4 Å². The van der Waals surface area contributed by atoms with Crippen molar-refractivity contribution in [3.05, 3.63) is 35.6 Å². The highest BCUT2D eigenvalue weighted by molar-refractivity contribution is 5.85. The summed E-state index contributed by atoms with van der Waals surface area (Å²) >= 11 is 0. The highest BCUT2D eigenvalue weighted by Crippen LogP contribution is 2.07. The van der Waals surface area contributed by atoms with Crippen molar-refractivity contribution in [3.8, 4) is 0 Å². The highest BCUT2D eigenvalue weighted by atomic mass is 19.1. The molecule has 0 saturated heterocycles. The first-order valence-electron chi connectivity index (χ1n) is 6.90. The maximum Gasteiger partial charge on any atom is 0.407 e. The molecule has 0 bridgehead atoms. The molecule has 0 saturated carbocycles. The lowest BCUT2D eigenvalue weighted by molar-refractivity contribution is -0.124. The summed E-state index contributed by atoms with van der Waals surface area (Å²) in [5, 5.41) is 5.12.